The molecule has 0 bridgehead atoms. The summed E-state index contributed by atoms with van der Waals surface area (Å²) in [4.78, 5) is 6.94. The van der Waals surface area contributed by atoms with Gasteiger partial charge in [0.05, 0.1) is 18.6 Å². The molecule has 2 rings (SSSR count). The molecule has 0 saturated heterocycles. The van der Waals surface area contributed by atoms with E-state index >= 15 is 0 Å². The third-order valence-corrected chi connectivity index (χ3v) is 5.29. The van der Waals surface area contributed by atoms with E-state index in [1.54, 1.807) is 18.9 Å². The SMILES string of the molecule is CCN(CC)C(=S)SCC(=Nc1ccc(OC)cc1)Nc1ccccc1. The topological polar surface area (TPSA) is 36.9 Å². The van der Waals surface area contributed by atoms with Gasteiger partial charge in [-0.05, 0) is 50.2 Å². The first kappa shape index (κ1) is 20.3. The Morgan fingerprint density at radius 2 is 1.73 bits per heavy atom. The number of methoxy groups -OCH3 is 1. The van der Waals surface area contributed by atoms with Gasteiger partial charge in [0.1, 0.15) is 15.9 Å². The molecule has 0 fully saturated rings. The van der Waals surface area contributed by atoms with Crippen LogP contribution in [-0.2, 0) is 0 Å². The predicted molar refractivity (Wildman–Crippen MR) is 118 cm³/mol. The molecule has 0 spiro atoms. The molecule has 0 unspecified atom stereocenters. The molecule has 0 aliphatic rings. The number of thiocarbonyl (C=S) groups is 1. The van der Waals surface area contributed by atoms with Gasteiger partial charge in [0.15, 0.2) is 0 Å². The highest BCUT2D eigenvalue weighted by atomic mass is 32.2. The third-order valence-electron chi connectivity index (χ3n) is 3.75. The minimum Gasteiger partial charge on any atom is -0.497 e. The standard InChI is InChI=1S/C20H25N3OS2/c1-4-23(5-2)20(25)26-15-19(21-16-9-7-6-8-10-16)22-17-11-13-18(24-3)14-12-17/h6-14H,4-5,15H2,1-3H3,(H,21,22). The van der Waals surface area contributed by atoms with Crippen LogP contribution in [0.1, 0.15) is 13.8 Å². The van der Waals surface area contributed by atoms with Crippen LogP contribution in [0.3, 0.4) is 0 Å². The fourth-order valence-electron chi connectivity index (χ4n) is 2.30. The Morgan fingerprint density at radius 3 is 2.31 bits per heavy atom. The Morgan fingerprint density at radius 1 is 1.08 bits per heavy atom. The second-order valence-corrected chi connectivity index (χ2v) is 7.08. The Balaban J connectivity index is 2.15. The highest BCUT2D eigenvalue weighted by Gasteiger charge is 2.09. The first-order valence-electron chi connectivity index (χ1n) is 8.61. The Labute approximate surface area is 165 Å². The van der Waals surface area contributed by atoms with Gasteiger partial charge in [-0.2, -0.15) is 0 Å². The fourth-order valence-corrected chi connectivity index (χ4v) is 3.57. The third kappa shape index (κ3) is 6.35. The highest BCUT2D eigenvalue weighted by molar-refractivity contribution is 8.23. The minimum atomic E-state index is 0.677. The van der Waals surface area contributed by atoms with E-state index in [4.69, 9.17) is 21.9 Å². The molecule has 0 heterocycles. The molecule has 0 amide bonds. The van der Waals surface area contributed by atoms with Gasteiger partial charge in [-0.15, -0.1) is 0 Å². The molecule has 4 nitrogen and oxygen atoms in total. The number of thioether (sulfide) groups is 1. The van der Waals surface area contributed by atoms with Crippen LogP contribution in [0.5, 0.6) is 5.75 Å². The van der Waals surface area contributed by atoms with Crippen molar-refractivity contribution in [3.8, 4) is 5.75 Å². The summed E-state index contributed by atoms with van der Waals surface area (Å²) >= 11 is 7.17. The number of nitrogens with one attached hydrogen (secondary N) is 1. The summed E-state index contributed by atoms with van der Waals surface area (Å²) in [5, 5.41) is 3.41. The number of anilines is 1. The summed E-state index contributed by atoms with van der Waals surface area (Å²) in [6.45, 7) is 6.06. The van der Waals surface area contributed by atoms with Crippen LogP contribution in [0.15, 0.2) is 59.6 Å². The molecule has 0 aliphatic carbocycles. The molecule has 0 saturated carbocycles. The van der Waals surface area contributed by atoms with Crippen molar-refractivity contribution < 1.29 is 4.74 Å². The van der Waals surface area contributed by atoms with Crippen molar-refractivity contribution in [1.29, 1.82) is 0 Å². The zero-order valence-electron chi connectivity index (χ0n) is 15.4. The first-order chi connectivity index (χ1) is 12.7. The van der Waals surface area contributed by atoms with Crippen molar-refractivity contribution in [1.82, 2.24) is 4.90 Å². The normalized spacial score (nSPS) is 11.1. The largest absolute Gasteiger partial charge is 0.497 e. The van der Waals surface area contributed by atoms with Crippen LogP contribution in [-0.4, -0.2) is 41.0 Å². The summed E-state index contributed by atoms with van der Waals surface area (Å²) in [6.07, 6.45) is 0. The van der Waals surface area contributed by atoms with Gasteiger partial charge < -0.3 is 15.0 Å². The second-order valence-electron chi connectivity index (χ2n) is 5.47. The molecule has 6 heteroatoms. The molecule has 0 aliphatic heterocycles. The number of nitrogens with zero attached hydrogens (tertiary/aromatic N) is 2. The van der Waals surface area contributed by atoms with Crippen molar-refractivity contribution in [3.63, 3.8) is 0 Å². The number of rotatable bonds is 7. The average Bonchev–Trinajstić information content (AvgIpc) is 2.68. The summed E-state index contributed by atoms with van der Waals surface area (Å²) in [7, 11) is 1.66. The van der Waals surface area contributed by atoms with Crippen LogP contribution in [0.2, 0.25) is 0 Å². The second kappa shape index (κ2) is 10.8. The lowest BCUT2D eigenvalue weighted by molar-refractivity contribution is 0.415. The predicted octanol–water partition coefficient (Wildman–Crippen LogP) is 5.20. The number of hydrogen-bond donors (Lipinski definition) is 1. The Bertz CT molecular complexity index is 714. The van der Waals surface area contributed by atoms with Crippen molar-refractivity contribution in [3.05, 3.63) is 54.6 Å². The molecule has 26 heavy (non-hydrogen) atoms. The van der Waals surface area contributed by atoms with Gasteiger partial charge in [0, 0.05) is 18.8 Å². The molecule has 2 aromatic carbocycles. The van der Waals surface area contributed by atoms with E-state index in [1.807, 2.05) is 54.6 Å². The van der Waals surface area contributed by atoms with Gasteiger partial charge in [0.25, 0.3) is 0 Å². The first-order valence-corrected chi connectivity index (χ1v) is 10.0. The highest BCUT2D eigenvalue weighted by Crippen LogP contribution is 2.20. The van der Waals surface area contributed by atoms with Gasteiger partial charge in [-0.25, -0.2) is 4.99 Å². The van der Waals surface area contributed by atoms with Crippen molar-refractivity contribution in [2.24, 2.45) is 4.99 Å². The van der Waals surface area contributed by atoms with E-state index in [0.29, 0.717) is 5.75 Å². The van der Waals surface area contributed by atoms with Crippen molar-refractivity contribution in [2.45, 2.75) is 13.8 Å². The van der Waals surface area contributed by atoms with E-state index in [2.05, 4.69) is 24.1 Å². The van der Waals surface area contributed by atoms with Crippen LogP contribution in [0.4, 0.5) is 11.4 Å². The fraction of sp³-hybridized carbons (Fsp3) is 0.300. The van der Waals surface area contributed by atoms with Crippen LogP contribution in [0, 0.1) is 0 Å². The Kier molecular flexibility index (Phi) is 8.44. The van der Waals surface area contributed by atoms with E-state index in [0.717, 1.165) is 40.4 Å². The summed E-state index contributed by atoms with van der Waals surface area (Å²) in [6, 6.07) is 17.8. The van der Waals surface area contributed by atoms with E-state index in [-0.39, 0.29) is 0 Å². The number of benzene rings is 2. The van der Waals surface area contributed by atoms with Crippen LogP contribution >= 0.6 is 24.0 Å². The molecule has 138 valence electrons. The lowest BCUT2D eigenvalue weighted by Gasteiger charge is -2.21. The zero-order chi connectivity index (χ0) is 18.8. The lowest BCUT2D eigenvalue weighted by atomic mass is 10.3. The van der Waals surface area contributed by atoms with Gasteiger partial charge in [-0.3, -0.25) is 0 Å². The average molecular weight is 388 g/mol. The van der Waals surface area contributed by atoms with Gasteiger partial charge in [-0.1, -0.05) is 42.2 Å². The van der Waals surface area contributed by atoms with E-state index in [9.17, 15) is 0 Å². The minimum absolute atomic E-state index is 0.677. The molecule has 2 aromatic rings. The van der Waals surface area contributed by atoms with E-state index in [1.165, 1.54) is 0 Å². The van der Waals surface area contributed by atoms with Crippen LogP contribution < -0.4 is 10.1 Å². The van der Waals surface area contributed by atoms with Gasteiger partial charge in [0.2, 0.25) is 0 Å². The smallest absolute Gasteiger partial charge is 0.136 e. The maximum atomic E-state index is 5.54. The molecule has 0 aromatic heterocycles. The number of ether oxygens (including phenoxy) is 1. The van der Waals surface area contributed by atoms with E-state index < -0.39 is 0 Å². The number of hydrogen-bond acceptors (Lipinski definition) is 4. The number of aliphatic imine (C=N–C) groups is 1. The van der Waals surface area contributed by atoms with Gasteiger partial charge >= 0.3 is 0 Å². The number of para-hydroxylation sites is 1. The monoisotopic (exact) mass is 387 g/mol. The zero-order valence-corrected chi connectivity index (χ0v) is 17.1. The number of amidine groups is 1. The summed E-state index contributed by atoms with van der Waals surface area (Å²) in [5.74, 6) is 2.36. The quantitative estimate of drug-likeness (QED) is 0.402. The van der Waals surface area contributed by atoms with Crippen LogP contribution in [0.25, 0.3) is 0 Å². The van der Waals surface area contributed by atoms with Crippen molar-refractivity contribution in [2.75, 3.05) is 31.3 Å². The lowest BCUT2D eigenvalue weighted by Crippen LogP contribution is -2.28. The maximum absolute atomic E-state index is 5.54. The molecule has 1 N–H and O–H groups in total. The van der Waals surface area contributed by atoms with Crippen molar-refractivity contribution >= 4 is 45.5 Å². The summed E-state index contributed by atoms with van der Waals surface area (Å²) < 4.78 is 6.10. The Hall–Kier alpha value is -2.05. The molecule has 0 atom stereocenters. The molecular weight excluding hydrogens is 362 g/mol. The molecular formula is C20H25N3OS2. The molecule has 0 radical (unpaired) electrons. The maximum Gasteiger partial charge on any atom is 0.136 e. The summed E-state index contributed by atoms with van der Waals surface area (Å²) in [5.41, 5.74) is 1.88.